The van der Waals surface area contributed by atoms with Crippen molar-refractivity contribution >= 4 is 11.8 Å². The van der Waals surface area contributed by atoms with Crippen LogP contribution < -0.4 is 10.6 Å². The summed E-state index contributed by atoms with van der Waals surface area (Å²) in [5, 5.41) is 24.1. The van der Waals surface area contributed by atoms with Gasteiger partial charge in [-0.2, -0.15) is 0 Å². The normalized spacial score (nSPS) is 10.6. The fraction of sp³-hybridized carbons (Fsp3) is 0.417. The SMILES string of the molecule is O=C(Cc1ccc(O)cc1)NCCCOCCOCCCNC(=O)Cc1ccc(O)cc1. The van der Waals surface area contributed by atoms with Crippen LogP contribution in [0.5, 0.6) is 11.5 Å². The van der Waals surface area contributed by atoms with Crippen LogP contribution in [0.3, 0.4) is 0 Å². The van der Waals surface area contributed by atoms with E-state index in [1.807, 2.05) is 0 Å². The third kappa shape index (κ3) is 11.3. The lowest BCUT2D eigenvalue weighted by Crippen LogP contribution is -2.27. The lowest BCUT2D eigenvalue weighted by molar-refractivity contribution is -0.121. The van der Waals surface area contributed by atoms with Crippen LogP contribution in [-0.4, -0.2) is 61.5 Å². The number of aromatic hydroxyl groups is 2. The molecule has 2 rings (SSSR count). The molecule has 0 aliphatic rings. The molecule has 4 N–H and O–H groups in total. The Hall–Kier alpha value is -3.10. The first-order valence-corrected chi connectivity index (χ1v) is 10.8. The van der Waals surface area contributed by atoms with Gasteiger partial charge in [0, 0.05) is 26.3 Å². The van der Waals surface area contributed by atoms with Crippen molar-refractivity contribution in [3.63, 3.8) is 0 Å². The average molecular weight is 445 g/mol. The van der Waals surface area contributed by atoms with Crippen molar-refractivity contribution in [2.24, 2.45) is 0 Å². The molecule has 0 fully saturated rings. The molecule has 0 aromatic heterocycles. The van der Waals surface area contributed by atoms with Crippen LogP contribution in [0.2, 0.25) is 0 Å². The summed E-state index contributed by atoms with van der Waals surface area (Å²) in [6, 6.07) is 13.2. The van der Waals surface area contributed by atoms with Crippen molar-refractivity contribution < 1.29 is 29.3 Å². The first kappa shape index (κ1) is 25.2. The maximum Gasteiger partial charge on any atom is 0.224 e. The molecule has 0 unspecified atom stereocenters. The van der Waals surface area contributed by atoms with Crippen LogP contribution in [0.4, 0.5) is 0 Å². The Morgan fingerprint density at radius 1 is 0.625 bits per heavy atom. The van der Waals surface area contributed by atoms with Gasteiger partial charge in [0.2, 0.25) is 11.8 Å². The van der Waals surface area contributed by atoms with E-state index in [0.717, 1.165) is 11.1 Å². The highest BCUT2D eigenvalue weighted by atomic mass is 16.5. The summed E-state index contributed by atoms with van der Waals surface area (Å²) >= 11 is 0. The summed E-state index contributed by atoms with van der Waals surface area (Å²) < 4.78 is 10.9. The van der Waals surface area contributed by atoms with Gasteiger partial charge in [0.15, 0.2) is 0 Å². The quantitative estimate of drug-likeness (QED) is 0.312. The second-order valence-electron chi connectivity index (χ2n) is 7.32. The first-order valence-electron chi connectivity index (χ1n) is 10.8. The van der Waals surface area contributed by atoms with E-state index >= 15 is 0 Å². The van der Waals surface area contributed by atoms with Crippen molar-refractivity contribution in [2.45, 2.75) is 25.7 Å². The number of carbonyl (C=O) groups is 2. The number of hydrogen-bond donors (Lipinski definition) is 4. The number of rotatable bonds is 15. The molecular weight excluding hydrogens is 412 g/mol. The second kappa shape index (κ2) is 14.8. The molecule has 174 valence electrons. The predicted molar refractivity (Wildman–Crippen MR) is 121 cm³/mol. The third-order valence-corrected chi connectivity index (χ3v) is 4.55. The topological polar surface area (TPSA) is 117 Å². The van der Waals surface area contributed by atoms with E-state index in [0.29, 0.717) is 52.4 Å². The molecule has 0 aliphatic carbocycles. The number of ether oxygens (including phenoxy) is 2. The summed E-state index contributed by atoms with van der Waals surface area (Å²) in [6.07, 6.45) is 2.00. The van der Waals surface area contributed by atoms with Gasteiger partial charge in [-0.1, -0.05) is 24.3 Å². The van der Waals surface area contributed by atoms with Gasteiger partial charge in [0.25, 0.3) is 0 Å². The minimum absolute atomic E-state index is 0.0609. The number of benzene rings is 2. The zero-order valence-electron chi connectivity index (χ0n) is 18.2. The molecule has 0 aliphatic heterocycles. The molecule has 2 aromatic rings. The standard InChI is InChI=1S/C24H32N2O6/c27-21-7-3-19(4-8-21)17-23(29)25-11-1-13-31-15-16-32-14-2-12-26-24(30)18-20-5-9-22(28)10-6-20/h3-10,27-28H,1-2,11-18H2,(H,25,29)(H,26,30). The molecule has 32 heavy (non-hydrogen) atoms. The Kier molecular flexibility index (Phi) is 11.7. The zero-order chi connectivity index (χ0) is 23.0. The van der Waals surface area contributed by atoms with Crippen molar-refractivity contribution in [1.29, 1.82) is 0 Å². The number of hydrogen-bond acceptors (Lipinski definition) is 6. The Morgan fingerprint density at radius 2 is 1.00 bits per heavy atom. The van der Waals surface area contributed by atoms with Crippen molar-refractivity contribution in [2.75, 3.05) is 39.5 Å². The summed E-state index contributed by atoms with van der Waals surface area (Å²) in [5.41, 5.74) is 1.70. The van der Waals surface area contributed by atoms with E-state index in [-0.39, 0.29) is 36.2 Å². The summed E-state index contributed by atoms with van der Waals surface area (Å²) in [7, 11) is 0. The van der Waals surface area contributed by atoms with Gasteiger partial charge >= 0.3 is 0 Å². The maximum atomic E-state index is 11.8. The highest BCUT2D eigenvalue weighted by Gasteiger charge is 2.04. The van der Waals surface area contributed by atoms with Gasteiger partial charge in [-0.3, -0.25) is 9.59 Å². The van der Waals surface area contributed by atoms with E-state index in [4.69, 9.17) is 9.47 Å². The fourth-order valence-electron chi connectivity index (χ4n) is 2.85. The molecule has 0 heterocycles. The van der Waals surface area contributed by atoms with E-state index < -0.39 is 0 Å². The lowest BCUT2D eigenvalue weighted by atomic mass is 10.1. The van der Waals surface area contributed by atoms with Gasteiger partial charge in [-0.15, -0.1) is 0 Å². The van der Waals surface area contributed by atoms with Gasteiger partial charge in [-0.05, 0) is 48.2 Å². The molecule has 8 heteroatoms. The second-order valence-corrected chi connectivity index (χ2v) is 7.32. The van der Waals surface area contributed by atoms with E-state index in [1.54, 1.807) is 48.5 Å². The number of carbonyl (C=O) groups excluding carboxylic acids is 2. The van der Waals surface area contributed by atoms with Gasteiger partial charge in [0.1, 0.15) is 11.5 Å². The van der Waals surface area contributed by atoms with Gasteiger partial charge < -0.3 is 30.3 Å². The summed E-state index contributed by atoms with van der Waals surface area (Å²) in [4.78, 5) is 23.7. The maximum absolute atomic E-state index is 11.8. The monoisotopic (exact) mass is 444 g/mol. The summed E-state index contributed by atoms with van der Waals surface area (Å²) in [6.45, 7) is 3.12. The number of nitrogens with one attached hydrogen (secondary N) is 2. The van der Waals surface area contributed by atoms with Crippen LogP contribution in [0.25, 0.3) is 0 Å². The van der Waals surface area contributed by atoms with E-state index in [1.165, 1.54) is 0 Å². The van der Waals surface area contributed by atoms with Crippen molar-refractivity contribution in [1.82, 2.24) is 10.6 Å². The number of amides is 2. The molecule has 0 atom stereocenters. The predicted octanol–water partition coefficient (Wildman–Crippen LogP) is 1.93. The van der Waals surface area contributed by atoms with E-state index in [9.17, 15) is 19.8 Å². The minimum atomic E-state index is -0.0609. The van der Waals surface area contributed by atoms with Crippen LogP contribution >= 0.6 is 0 Å². The number of phenolic OH excluding ortho intramolecular Hbond substituents is 2. The van der Waals surface area contributed by atoms with Crippen molar-refractivity contribution in [3.8, 4) is 11.5 Å². The van der Waals surface area contributed by atoms with Crippen LogP contribution in [0, 0.1) is 0 Å². The van der Waals surface area contributed by atoms with Crippen LogP contribution in [0.15, 0.2) is 48.5 Å². The summed E-state index contributed by atoms with van der Waals surface area (Å²) in [5.74, 6) is 0.247. The van der Waals surface area contributed by atoms with Crippen molar-refractivity contribution in [3.05, 3.63) is 59.7 Å². The first-order chi connectivity index (χ1) is 15.5. The molecule has 0 saturated heterocycles. The molecule has 8 nitrogen and oxygen atoms in total. The average Bonchev–Trinajstić information content (AvgIpc) is 2.77. The highest BCUT2D eigenvalue weighted by Crippen LogP contribution is 2.10. The molecule has 2 amide bonds. The molecule has 0 spiro atoms. The Morgan fingerprint density at radius 3 is 1.38 bits per heavy atom. The minimum Gasteiger partial charge on any atom is -0.508 e. The van der Waals surface area contributed by atoms with E-state index in [2.05, 4.69) is 10.6 Å². The van der Waals surface area contributed by atoms with Gasteiger partial charge in [0.05, 0.1) is 26.1 Å². The Balaban J connectivity index is 1.35. The third-order valence-electron chi connectivity index (χ3n) is 4.55. The molecule has 0 bridgehead atoms. The smallest absolute Gasteiger partial charge is 0.224 e. The Labute approximate surface area is 188 Å². The fourth-order valence-corrected chi connectivity index (χ4v) is 2.85. The van der Waals surface area contributed by atoms with Crippen LogP contribution in [-0.2, 0) is 31.9 Å². The number of phenols is 2. The molecule has 0 saturated carbocycles. The van der Waals surface area contributed by atoms with Gasteiger partial charge in [-0.25, -0.2) is 0 Å². The van der Waals surface area contributed by atoms with Crippen LogP contribution in [0.1, 0.15) is 24.0 Å². The Bertz CT molecular complexity index is 739. The highest BCUT2D eigenvalue weighted by molar-refractivity contribution is 5.79. The molecular formula is C24H32N2O6. The largest absolute Gasteiger partial charge is 0.508 e. The zero-order valence-corrected chi connectivity index (χ0v) is 18.2. The molecule has 0 radical (unpaired) electrons. The lowest BCUT2D eigenvalue weighted by Gasteiger charge is -2.08. The molecule has 2 aromatic carbocycles.